The summed E-state index contributed by atoms with van der Waals surface area (Å²) in [6.45, 7) is 6.91. The Labute approximate surface area is 80.4 Å². The Morgan fingerprint density at radius 3 is 2.17 bits per heavy atom. The van der Waals surface area contributed by atoms with Gasteiger partial charge in [-0.3, -0.25) is 0 Å². The van der Waals surface area contributed by atoms with Gasteiger partial charge in [-0.05, 0) is 20.7 Å². The minimum Gasteiger partial charge on any atom is -0.0668 e. The molecule has 0 radical (unpaired) electrons. The highest BCUT2D eigenvalue weighted by molar-refractivity contribution is 6.97. The van der Waals surface area contributed by atoms with Crippen LogP contribution in [0.1, 0.15) is 26.3 Å². The van der Waals surface area contributed by atoms with Crippen molar-refractivity contribution in [3.8, 4) is 0 Å². The molecule has 0 nitrogen and oxygen atoms in total. The van der Waals surface area contributed by atoms with Crippen LogP contribution in [0.5, 0.6) is 0 Å². The summed E-state index contributed by atoms with van der Waals surface area (Å²) in [6, 6.07) is 8.95. The van der Waals surface area contributed by atoms with E-state index in [1.807, 2.05) is 0 Å². The maximum Gasteiger partial charge on any atom is 0.0388 e. The molecule has 0 amide bonds. The SMILES string of the molecule is CC(C)(C)c1ccccc1[SiH2][SiH3]. The van der Waals surface area contributed by atoms with Crippen molar-refractivity contribution in [2.24, 2.45) is 0 Å². The molecular formula is C10H18Si2. The Morgan fingerprint density at radius 1 is 1.17 bits per heavy atom. The average molecular weight is 194 g/mol. The molecule has 0 atom stereocenters. The maximum absolute atomic E-state index is 2.32. The second-order valence-electron chi connectivity index (χ2n) is 4.26. The summed E-state index contributed by atoms with van der Waals surface area (Å²) in [7, 11) is 1.52. The van der Waals surface area contributed by atoms with Crippen LogP contribution in [0.4, 0.5) is 0 Å². The van der Waals surface area contributed by atoms with Crippen LogP contribution in [-0.2, 0) is 5.41 Å². The van der Waals surface area contributed by atoms with Gasteiger partial charge in [-0.1, -0.05) is 50.2 Å². The molecule has 1 aromatic carbocycles. The fourth-order valence-corrected chi connectivity index (χ4v) is 4.81. The fraction of sp³-hybridized carbons (Fsp3) is 0.400. The predicted molar refractivity (Wildman–Crippen MR) is 63.3 cm³/mol. The zero-order chi connectivity index (χ0) is 9.19. The van der Waals surface area contributed by atoms with Crippen LogP contribution in [0.2, 0.25) is 0 Å². The van der Waals surface area contributed by atoms with Crippen LogP contribution in [0.25, 0.3) is 0 Å². The zero-order valence-electron chi connectivity index (χ0n) is 8.52. The molecule has 0 aliphatic rings. The molecule has 2 heteroatoms. The Morgan fingerprint density at radius 2 is 1.75 bits per heavy atom. The Bertz CT molecular complexity index is 261. The van der Waals surface area contributed by atoms with E-state index < -0.39 is 0 Å². The second kappa shape index (κ2) is 3.58. The lowest BCUT2D eigenvalue weighted by molar-refractivity contribution is 0.594. The third kappa shape index (κ3) is 2.08. The smallest absolute Gasteiger partial charge is 0.0388 e. The van der Waals surface area contributed by atoms with E-state index >= 15 is 0 Å². The van der Waals surface area contributed by atoms with Gasteiger partial charge in [-0.15, -0.1) is 0 Å². The van der Waals surface area contributed by atoms with Crippen LogP contribution in [-0.4, -0.2) is 18.8 Å². The summed E-state index contributed by atoms with van der Waals surface area (Å²) in [5.74, 6) is 0. The quantitative estimate of drug-likeness (QED) is 0.555. The summed E-state index contributed by atoms with van der Waals surface area (Å²) >= 11 is 0. The fourth-order valence-electron chi connectivity index (χ4n) is 1.56. The van der Waals surface area contributed by atoms with Gasteiger partial charge in [-0.2, -0.15) is 0 Å². The highest BCUT2D eigenvalue weighted by Crippen LogP contribution is 2.19. The van der Waals surface area contributed by atoms with Crippen LogP contribution in [0, 0.1) is 0 Å². The van der Waals surface area contributed by atoms with E-state index in [0.717, 1.165) is 0 Å². The van der Waals surface area contributed by atoms with Gasteiger partial charge in [0, 0.05) is 9.04 Å². The summed E-state index contributed by atoms with van der Waals surface area (Å²) in [6.07, 6.45) is 0. The van der Waals surface area contributed by atoms with Gasteiger partial charge < -0.3 is 0 Å². The third-order valence-corrected chi connectivity index (χ3v) is 5.87. The van der Waals surface area contributed by atoms with E-state index in [2.05, 4.69) is 45.0 Å². The second-order valence-corrected chi connectivity index (χ2v) is 7.85. The predicted octanol–water partition coefficient (Wildman–Crippen LogP) is 0.0586. The van der Waals surface area contributed by atoms with Crippen molar-refractivity contribution in [1.82, 2.24) is 0 Å². The highest BCUT2D eigenvalue weighted by atomic mass is 29.1. The van der Waals surface area contributed by atoms with E-state index in [-0.39, 0.29) is 9.04 Å². The van der Waals surface area contributed by atoms with E-state index in [4.69, 9.17) is 0 Å². The van der Waals surface area contributed by atoms with Crippen LogP contribution < -0.4 is 5.19 Å². The highest BCUT2D eigenvalue weighted by Gasteiger charge is 2.15. The summed E-state index contributed by atoms with van der Waals surface area (Å²) in [4.78, 5) is 0. The van der Waals surface area contributed by atoms with Gasteiger partial charge in [0.1, 0.15) is 0 Å². The Kier molecular flexibility index (Phi) is 2.91. The van der Waals surface area contributed by atoms with Crippen molar-refractivity contribution >= 4 is 24.0 Å². The number of rotatable bonds is 1. The van der Waals surface area contributed by atoms with Gasteiger partial charge in [0.15, 0.2) is 0 Å². The Hall–Kier alpha value is -0.346. The first-order valence-corrected chi connectivity index (χ1v) is 11.0. The summed E-state index contributed by atoms with van der Waals surface area (Å²) in [5, 5.41) is 1.68. The van der Waals surface area contributed by atoms with Gasteiger partial charge in [-0.25, -0.2) is 0 Å². The molecule has 12 heavy (non-hydrogen) atoms. The topological polar surface area (TPSA) is 0 Å². The lowest BCUT2D eigenvalue weighted by Crippen LogP contribution is -2.27. The minimum absolute atomic E-state index is 0.121. The van der Waals surface area contributed by atoms with Gasteiger partial charge >= 0.3 is 0 Å². The molecule has 0 aliphatic carbocycles. The molecule has 0 aliphatic heterocycles. The standard InChI is InChI=1S/C10H18Si2/c1-10(2,3)8-6-4-5-7-9(8)12-11/h4-7H,12H2,1-3,11H3. The van der Waals surface area contributed by atoms with E-state index in [1.165, 1.54) is 9.76 Å². The molecule has 0 fully saturated rings. The molecule has 66 valence electrons. The molecule has 0 bridgehead atoms. The molecular weight excluding hydrogens is 176 g/mol. The van der Waals surface area contributed by atoms with Crippen molar-refractivity contribution in [3.63, 3.8) is 0 Å². The molecule has 0 aromatic heterocycles. The molecule has 1 aromatic rings. The van der Waals surface area contributed by atoms with Crippen LogP contribution >= 0.6 is 0 Å². The largest absolute Gasteiger partial charge is 0.0668 e. The van der Waals surface area contributed by atoms with Crippen LogP contribution in [0.3, 0.4) is 0 Å². The molecule has 0 spiro atoms. The van der Waals surface area contributed by atoms with Crippen molar-refractivity contribution in [2.75, 3.05) is 0 Å². The number of benzene rings is 1. The average Bonchev–Trinajstić information content (AvgIpc) is 2.03. The first kappa shape index (κ1) is 9.74. The van der Waals surface area contributed by atoms with E-state index in [9.17, 15) is 0 Å². The molecule has 0 N–H and O–H groups in total. The van der Waals surface area contributed by atoms with Gasteiger partial charge in [0.25, 0.3) is 0 Å². The third-order valence-electron chi connectivity index (χ3n) is 2.21. The minimum atomic E-state index is 0.121. The van der Waals surface area contributed by atoms with Crippen molar-refractivity contribution in [1.29, 1.82) is 0 Å². The lowest BCUT2D eigenvalue weighted by Gasteiger charge is -2.22. The summed E-state index contributed by atoms with van der Waals surface area (Å²) in [5.41, 5.74) is 1.92. The van der Waals surface area contributed by atoms with Crippen molar-refractivity contribution in [2.45, 2.75) is 26.2 Å². The molecule has 0 unspecified atom stereocenters. The summed E-state index contributed by atoms with van der Waals surface area (Å²) < 4.78 is 0. The van der Waals surface area contributed by atoms with Gasteiger partial charge in [0.05, 0.1) is 0 Å². The molecule has 0 heterocycles. The van der Waals surface area contributed by atoms with E-state index in [0.29, 0.717) is 5.41 Å². The monoisotopic (exact) mass is 194 g/mol. The number of hydrogen-bond acceptors (Lipinski definition) is 0. The first-order valence-electron chi connectivity index (χ1n) is 4.64. The van der Waals surface area contributed by atoms with Crippen molar-refractivity contribution < 1.29 is 0 Å². The molecule has 0 saturated heterocycles. The normalized spacial score (nSPS) is 12.9. The van der Waals surface area contributed by atoms with Gasteiger partial charge in [0.2, 0.25) is 0 Å². The number of hydrogen-bond donors (Lipinski definition) is 0. The van der Waals surface area contributed by atoms with Crippen LogP contribution in [0.15, 0.2) is 24.3 Å². The Balaban J connectivity index is 3.14. The lowest BCUT2D eigenvalue weighted by atomic mass is 9.87. The van der Waals surface area contributed by atoms with Crippen molar-refractivity contribution in [3.05, 3.63) is 29.8 Å². The maximum atomic E-state index is 2.32. The zero-order valence-corrected chi connectivity index (χ0v) is 11.9. The molecule has 1 rings (SSSR count). The van der Waals surface area contributed by atoms with E-state index in [1.54, 1.807) is 10.8 Å². The first-order chi connectivity index (χ1) is 5.55. The molecule has 0 saturated carbocycles.